The maximum absolute atomic E-state index is 12.7. The van der Waals surface area contributed by atoms with Crippen LogP contribution in [0.4, 0.5) is 8.78 Å². The molecule has 0 aliphatic rings. The van der Waals surface area contributed by atoms with Crippen molar-refractivity contribution in [1.29, 1.82) is 0 Å². The van der Waals surface area contributed by atoms with E-state index in [0.29, 0.717) is 3.57 Å². The largest absolute Gasteiger partial charge is 0.469 e. The molecule has 1 heterocycles. The summed E-state index contributed by atoms with van der Waals surface area (Å²) in [7, 11) is 1.23. The van der Waals surface area contributed by atoms with Gasteiger partial charge in [0.1, 0.15) is 5.69 Å². The van der Waals surface area contributed by atoms with E-state index in [4.69, 9.17) is 11.6 Å². The molecule has 94 valence electrons. The standard InChI is InChI=1S/C10H9ClF2INO2/c1-17-8(16)3-7-6(14)2-5(4-11)9(15-7)10(12)13/h2,10H,3-4H2,1H3. The second kappa shape index (κ2) is 6.44. The first-order valence-corrected chi connectivity index (χ1v) is 6.20. The number of ether oxygens (including phenoxy) is 1. The molecule has 0 fully saturated rings. The Balaban J connectivity index is 3.15. The first kappa shape index (κ1) is 14.6. The third-order valence-corrected chi connectivity index (χ3v) is 3.27. The van der Waals surface area contributed by atoms with Crippen molar-refractivity contribution >= 4 is 40.2 Å². The van der Waals surface area contributed by atoms with Crippen molar-refractivity contribution in [2.45, 2.75) is 18.7 Å². The quantitative estimate of drug-likeness (QED) is 0.461. The Kier molecular flexibility index (Phi) is 5.51. The van der Waals surface area contributed by atoms with Gasteiger partial charge in [0.2, 0.25) is 0 Å². The number of carbonyl (C=O) groups is 1. The topological polar surface area (TPSA) is 39.2 Å². The molecule has 0 saturated carbocycles. The first-order valence-electron chi connectivity index (χ1n) is 4.58. The molecule has 7 heteroatoms. The summed E-state index contributed by atoms with van der Waals surface area (Å²) in [4.78, 5) is 14.9. The molecule has 1 rings (SSSR count). The summed E-state index contributed by atoms with van der Waals surface area (Å²) in [5.74, 6) is -0.560. The molecular weight excluding hydrogens is 366 g/mol. The Morgan fingerprint density at radius 3 is 2.76 bits per heavy atom. The number of halogens is 4. The Morgan fingerprint density at radius 1 is 1.65 bits per heavy atom. The summed E-state index contributed by atoms with van der Waals surface area (Å²) in [6, 6.07) is 1.51. The number of hydrogen-bond acceptors (Lipinski definition) is 3. The molecule has 0 atom stereocenters. The zero-order valence-corrected chi connectivity index (χ0v) is 11.8. The van der Waals surface area contributed by atoms with Crippen LogP contribution >= 0.6 is 34.2 Å². The highest BCUT2D eigenvalue weighted by Gasteiger charge is 2.18. The number of nitrogens with zero attached hydrogens (tertiary/aromatic N) is 1. The second-order valence-electron chi connectivity index (χ2n) is 3.15. The fraction of sp³-hybridized carbons (Fsp3) is 0.400. The lowest BCUT2D eigenvalue weighted by Crippen LogP contribution is -2.10. The van der Waals surface area contributed by atoms with Crippen molar-refractivity contribution in [3.05, 3.63) is 26.6 Å². The van der Waals surface area contributed by atoms with Crippen LogP contribution in [-0.2, 0) is 21.8 Å². The van der Waals surface area contributed by atoms with E-state index in [0.717, 1.165) is 0 Å². The molecule has 0 N–H and O–H groups in total. The predicted molar refractivity (Wildman–Crippen MR) is 67.2 cm³/mol. The monoisotopic (exact) mass is 375 g/mol. The lowest BCUT2D eigenvalue weighted by atomic mass is 10.1. The minimum atomic E-state index is -2.71. The average molecular weight is 376 g/mol. The summed E-state index contributed by atoms with van der Waals surface area (Å²) in [6.45, 7) is 0. The molecule has 0 radical (unpaired) electrons. The van der Waals surface area contributed by atoms with Crippen LogP contribution in [0.2, 0.25) is 0 Å². The average Bonchev–Trinajstić information content (AvgIpc) is 2.30. The molecule has 0 aromatic carbocycles. The number of pyridine rings is 1. The smallest absolute Gasteiger partial charge is 0.311 e. The summed E-state index contributed by atoms with van der Waals surface area (Å²) in [5, 5.41) is 0. The number of carbonyl (C=O) groups excluding carboxylic acids is 1. The van der Waals surface area contributed by atoms with Crippen LogP contribution in [0, 0.1) is 3.57 Å². The van der Waals surface area contributed by atoms with Crippen LogP contribution in [0.5, 0.6) is 0 Å². The maximum atomic E-state index is 12.7. The van der Waals surface area contributed by atoms with Gasteiger partial charge in [-0.1, -0.05) is 0 Å². The summed E-state index contributed by atoms with van der Waals surface area (Å²) >= 11 is 7.49. The minimum absolute atomic E-state index is 0.0405. The van der Waals surface area contributed by atoms with Gasteiger partial charge in [0.25, 0.3) is 6.43 Å². The number of hydrogen-bond donors (Lipinski definition) is 0. The van der Waals surface area contributed by atoms with E-state index >= 15 is 0 Å². The van der Waals surface area contributed by atoms with E-state index in [9.17, 15) is 13.6 Å². The summed E-state index contributed by atoms with van der Waals surface area (Å²) < 4.78 is 30.5. The van der Waals surface area contributed by atoms with E-state index in [2.05, 4.69) is 9.72 Å². The van der Waals surface area contributed by atoms with Crippen molar-refractivity contribution in [1.82, 2.24) is 4.98 Å². The highest BCUT2D eigenvalue weighted by Crippen LogP contribution is 2.25. The van der Waals surface area contributed by atoms with Crippen LogP contribution in [0.15, 0.2) is 6.07 Å². The Bertz CT molecular complexity index is 429. The third kappa shape index (κ3) is 3.74. The van der Waals surface area contributed by atoms with Crippen molar-refractivity contribution < 1.29 is 18.3 Å². The van der Waals surface area contributed by atoms with E-state index in [1.165, 1.54) is 13.2 Å². The molecule has 0 spiro atoms. The molecule has 0 amide bonds. The van der Waals surface area contributed by atoms with Crippen molar-refractivity contribution in [2.24, 2.45) is 0 Å². The number of rotatable bonds is 4. The zero-order valence-electron chi connectivity index (χ0n) is 8.84. The van der Waals surface area contributed by atoms with Gasteiger partial charge in [0.05, 0.1) is 19.2 Å². The summed E-state index contributed by atoms with van der Waals surface area (Å²) in [6.07, 6.45) is -2.84. The molecular formula is C10H9ClF2INO2. The second-order valence-corrected chi connectivity index (χ2v) is 4.58. The molecule has 3 nitrogen and oxygen atoms in total. The lowest BCUT2D eigenvalue weighted by Gasteiger charge is -2.10. The van der Waals surface area contributed by atoms with Crippen LogP contribution in [0.1, 0.15) is 23.4 Å². The number of esters is 1. The normalized spacial score (nSPS) is 10.7. The molecule has 0 aliphatic carbocycles. The van der Waals surface area contributed by atoms with Crippen LogP contribution in [0.3, 0.4) is 0 Å². The number of methoxy groups -OCH3 is 1. The van der Waals surface area contributed by atoms with Crippen LogP contribution < -0.4 is 0 Å². The van der Waals surface area contributed by atoms with Crippen LogP contribution in [0.25, 0.3) is 0 Å². The highest BCUT2D eigenvalue weighted by atomic mass is 127. The molecule has 0 unspecified atom stereocenters. The van der Waals surface area contributed by atoms with Crippen LogP contribution in [-0.4, -0.2) is 18.1 Å². The van der Waals surface area contributed by atoms with Crippen molar-refractivity contribution in [2.75, 3.05) is 7.11 Å². The fourth-order valence-electron chi connectivity index (χ4n) is 1.21. The van der Waals surface area contributed by atoms with E-state index < -0.39 is 12.4 Å². The number of alkyl halides is 3. The Hall–Kier alpha value is -0.500. The number of aromatic nitrogens is 1. The molecule has 0 aliphatic heterocycles. The molecule has 0 saturated heterocycles. The van der Waals surface area contributed by atoms with E-state index in [1.807, 2.05) is 22.6 Å². The van der Waals surface area contributed by atoms with Crippen molar-refractivity contribution in [3.63, 3.8) is 0 Å². The first-order chi connectivity index (χ1) is 7.99. The highest BCUT2D eigenvalue weighted by molar-refractivity contribution is 14.1. The van der Waals surface area contributed by atoms with Gasteiger partial charge in [-0.2, -0.15) is 0 Å². The fourth-order valence-corrected chi connectivity index (χ4v) is 2.11. The van der Waals surface area contributed by atoms with Gasteiger partial charge in [0.15, 0.2) is 0 Å². The Morgan fingerprint density at radius 2 is 2.29 bits per heavy atom. The molecule has 0 bridgehead atoms. The SMILES string of the molecule is COC(=O)Cc1nc(C(F)F)c(CCl)cc1I. The zero-order chi connectivity index (χ0) is 13.0. The van der Waals surface area contributed by atoms with Gasteiger partial charge < -0.3 is 4.74 Å². The summed E-state index contributed by atoms with van der Waals surface area (Å²) in [5.41, 5.74) is 0.181. The van der Waals surface area contributed by atoms with Gasteiger partial charge in [-0.25, -0.2) is 13.8 Å². The molecule has 17 heavy (non-hydrogen) atoms. The molecule has 1 aromatic heterocycles. The predicted octanol–water partition coefficient (Wildman–Crippen LogP) is 3.08. The van der Waals surface area contributed by atoms with Crippen molar-refractivity contribution in [3.8, 4) is 0 Å². The van der Waals surface area contributed by atoms with E-state index in [-0.39, 0.29) is 29.3 Å². The van der Waals surface area contributed by atoms with Gasteiger partial charge in [-0.15, -0.1) is 11.6 Å². The minimum Gasteiger partial charge on any atom is -0.469 e. The van der Waals surface area contributed by atoms with Gasteiger partial charge >= 0.3 is 5.97 Å². The molecule has 1 aromatic rings. The van der Waals surface area contributed by atoms with Gasteiger partial charge in [-0.3, -0.25) is 4.79 Å². The third-order valence-electron chi connectivity index (χ3n) is 2.05. The van der Waals surface area contributed by atoms with Gasteiger partial charge in [0, 0.05) is 9.45 Å². The maximum Gasteiger partial charge on any atom is 0.311 e. The van der Waals surface area contributed by atoms with Gasteiger partial charge in [-0.05, 0) is 34.2 Å². The lowest BCUT2D eigenvalue weighted by molar-refractivity contribution is -0.139. The van der Waals surface area contributed by atoms with E-state index in [1.54, 1.807) is 0 Å². The Labute approximate surface area is 116 Å².